The predicted octanol–water partition coefficient (Wildman–Crippen LogP) is 0.880. The van der Waals surface area contributed by atoms with Gasteiger partial charge in [-0.3, -0.25) is 4.68 Å². The number of nitrogens with zero attached hydrogens (tertiary/aromatic N) is 2. The minimum absolute atomic E-state index is 0.0300. The van der Waals surface area contributed by atoms with Gasteiger partial charge in [0.2, 0.25) is 0 Å². The average molecular weight is 196 g/mol. The predicted molar refractivity (Wildman–Crippen MR) is 51.7 cm³/mol. The minimum atomic E-state index is 0.0300. The molecule has 78 valence electrons. The lowest BCUT2D eigenvalue weighted by Gasteiger charge is -2.29. The third-order valence-corrected chi connectivity index (χ3v) is 2.73. The van der Waals surface area contributed by atoms with Crippen LogP contribution in [0.25, 0.3) is 0 Å². The molecular weight excluding hydrogens is 180 g/mol. The first-order chi connectivity index (χ1) is 6.81. The molecule has 0 aliphatic carbocycles. The molecule has 1 saturated heterocycles. The molecule has 0 amide bonds. The maximum Gasteiger partial charge on any atom is 0.0905 e. The van der Waals surface area contributed by atoms with Crippen LogP contribution in [0.3, 0.4) is 0 Å². The smallest absolute Gasteiger partial charge is 0.0905 e. The van der Waals surface area contributed by atoms with Gasteiger partial charge in [0, 0.05) is 37.9 Å². The van der Waals surface area contributed by atoms with E-state index in [9.17, 15) is 5.11 Å². The first-order valence-electron chi connectivity index (χ1n) is 5.02. The Balaban J connectivity index is 2.14. The van der Waals surface area contributed by atoms with Gasteiger partial charge in [-0.15, -0.1) is 0 Å². The van der Waals surface area contributed by atoms with Crippen LogP contribution in [0.1, 0.15) is 24.5 Å². The number of aliphatic hydroxyl groups excluding tert-OH is 1. The van der Waals surface area contributed by atoms with Crippen LogP contribution in [-0.4, -0.2) is 28.1 Å². The number of hydrogen-bond donors (Lipinski definition) is 1. The van der Waals surface area contributed by atoms with Crippen molar-refractivity contribution < 1.29 is 9.84 Å². The molecule has 2 rings (SSSR count). The molecule has 1 aliphatic rings. The van der Waals surface area contributed by atoms with Crippen molar-refractivity contribution in [1.29, 1.82) is 0 Å². The molecule has 0 unspecified atom stereocenters. The average Bonchev–Trinajstić information content (AvgIpc) is 2.65. The van der Waals surface area contributed by atoms with Crippen molar-refractivity contribution in [2.75, 3.05) is 13.2 Å². The normalized spacial score (nSPS) is 27.9. The molecule has 0 radical (unpaired) electrons. The van der Waals surface area contributed by atoms with Crippen LogP contribution in [0.15, 0.2) is 12.4 Å². The Morgan fingerprint density at radius 1 is 1.71 bits per heavy atom. The number of aromatic nitrogens is 2. The zero-order valence-corrected chi connectivity index (χ0v) is 8.39. The fourth-order valence-electron chi connectivity index (χ4n) is 1.99. The first kappa shape index (κ1) is 9.68. The maximum absolute atomic E-state index is 9.22. The lowest BCUT2D eigenvalue weighted by Crippen LogP contribution is -2.24. The highest BCUT2D eigenvalue weighted by Crippen LogP contribution is 2.32. The highest BCUT2D eigenvalue weighted by Gasteiger charge is 2.27. The molecule has 0 spiro atoms. The van der Waals surface area contributed by atoms with E-state index in [0.717, 1.165) is 25.0 Å². The molecule has 1 N–H and O–H groups in total. The molecule has 0 aromatic carbocycles. The van der Waals surface area contributed by atoms with Gasteiger partial charge in [-0.1, -0.05) is 0 Å². The first-order valence-corrected chi connectivity index (χ1v) is 5.02. The summed E-state index contributed by atoms with van der Waals surface area (Å²) in [5.74, 6) is 0.230. The van der Waals surface area contributed by atoms with E-state index in [-0.39, 0.29) is 18.6 Å². The number of hydrogen-bond acceptors (Lipinski definition) is 3. The zero-order valence-electron chi connectivity index (χ0n) is 8.39. The fraction of sp³-hybridized carbons (Fsp3) is 0.700. The number of ether oxygens (including phenoxy) is 1. The van der Waals surface area contributed by atoms with Crippen LogP contribution >= 0.6 is 0 Å². The minimum Gasteiger partial charge on any atom is -0.396 e. The highest BCUT2D eigenvalue weighted by molar-refractivity contribution is 5.10. The molecule has 4 nitrogen and oxygen atoms in total. The Kier molecular flexibility index (Phi) is 2.84. The van der Waals surface area contributed by atoms with Crippen molar-refractivity contribution in [3.63, 3.8) is 0 Å². The second-order valence-corrected chi connectivity index (χ2v) is 3.82. The summed E-state index contributed by atoms with van der Waals surface area (Å²) in [4.78, 5) is 0. The standard InChI is InChI=1S/C10H16N2O2/c1-12-6-9(5-11-12)10-8(7-13)3-2-4-14-10/h5-6,8,10,13H,2-4,7H2,1H3/t8-,10+/m0/s1. The van der Waals surface area contributed by atoms with E-state index in [4.69, 9.17) is 4.74 Å². The van der Waals surface area contributed by atoms with Crippen molar-refractivity contribution in [1.82, 2.24) is 9.78 Å². The van der Waals surface area contributed by atoms with E-state index in [2.05, 4.69) is 5.10 Å². The van der Waals surface area contributed by atoms with E-state index < -0.39 is 0 Å². The highest BCUT2D eigenvalue weighted by atomic mass is 16.5. The Morgan fingerprint density at radius 3 is 3.21 bits per heavy atom. The topological polar surface area (TPSA) is 47.3 Å². The largest absolute Gasteiger partial charge is 0.396 e. The van der Waals surface area contributed by atoms with Crippen LogP contribution in [0.2, 0.25) is 0 Å². The van der Waals surface area contributed by atoms with Crippen molar-refractivity contribution in [3.05, 3.63) is 18.0 Å². The Bertz CT molecular complexity index is 298. The van der Waals surface area contributed by atoms with E-state index in [0.29, 0.717) is 0 Å². The van der Waals surface area contributed by atoms with E-state index in [1.54, 1.807) is 4.68 Å². The molecule has 2 atom stereocenters. The molecule has 0 saturated carbocycles. The van der Waals surface area contributed by atoms with E-state index in [1.807, 2.05) is 19.4 Å². The van der Waals surface area contributed by atoms with Gasteiger partial charge in [0.25, 0.3) is 0 Å². The summed E-state index contributed by atoms with van der Waals surface area (Å²) in [6, 6.07) is 0. The lowest BCUT2D eigenvalue weighted by molar-refractivity contribution is -0.0457. The molecule has 1 aliphatic heterocycles. The van der Waals surface area contributed by atoms with Gasteiger partial charge in [0.05, 0.1) is 12.3 Å². The number of aliphatic hydroxyl groups is 1. The van der Waals surface area contributed by atoms with Gasteiger partial charge in [0.1, 0.15) is 0 Å². The van der Waals surface area contributed by atoms with Gasteiger partial charge in [-0.25, -0.2) is 0 Å². The van der Waals surface area contributed by atoms with Crippen LogP contribution in [-0.2, 0) is 11.8 Å². The van der Waals surface area contributed by atoms with Crippen LogP contribution in [0.5, 0.6) is 0 Å². The molecule has 0 bridgehead atoms. The quantitative estimate of drug-likeness (QED) is 0.763. The van der Waals surface area contributed by atoms with Crippen molar-refractivity contribution in [2.45, 2.75) is 18.9 Å². The van der Waals surface area contributed by atoms with Crippen molar-refractivity contribution in [2.24, 2.45) is 13.0 Å². The molecule has 1 aromatic rings. The SMILES string of the molecule is Cn1cc([C@@H]2OCCC[C@H]2CO)cn1. The summed E-state index contributed by atoms with van der Waals surface area (Å²) in [5, 5.41) is 13.3. The summed E-state index contributed by atoms with van der Waals surface area (Å²) in [6.45, 7) is 0.982. The lowest BCUT2D eigenvalue weighted by atomic mass is 9.92. The van der Waals surface area contributed by atoms with Gasteiger partial charge >= 0.3 is 0 Å². The van der Waals surface area contributed by atoms with Crippen LogP contribution in [0.4, 0.5) is 0 Å². The van der Waals surface area contributed by atoms with Gasteiger partial charge < -0.3 is 9.84 Å². The number of aryl methyl sites for hydroxylation is 1. The van der Waals surface area contributed by atoms with E-state index in [1.165, 1.54) is 0 Å². The Hall–Kier alpha value is -0.870. The molecule has 1 aromatic heterocycles. The summed E-state index contributed by atoms with van der Waals surface area (Å²) < 4.78 is 7.43. The van der Waals surface area contributed by atoms with Crippen LogP contribution < -0.4 is 0 Å². The third-order valence-electron chi connectivity index (χ3n) is 2.73. The molecule has 14 heavy (non-hydrogen) atoms. The summed E-state index contributed by atoms with van der Waals surface area (Å²) in [5.41, 5.74) is 1.08. The summed E-state index contributed by atoms with van der Waals surface area (Å²) in [7, 11) is 1.89. The van der Waals surface area contributed by atoms with Crippen molar-refractivity contribution >= 4 is 0 Å². The molecular formula is C10H16N2O2. The van der Waals surface area contributed by atoms with E-state index >= 15 is 0 Å². The third kappa shape index (κ3) is 1.81. The summed E-state index contributed by atoms with van der Waals surface area (Å²) >= 11 is 0. The molecule has 2 heterocycles. The second-order valence-electron chi connectivity index (χ2n) is 3.82. The summed E-state index contributed by atoms with van der Waals surface area (Å²) in [6.07, 6.45) is 5.89. The van der Waals surface area contributed by atoms with Gasteiger partial charge in [-0.05, 0) is 12.8 Å². The zero-order chi connectivity index (χ0) is 9.97. The maximum atomic E-state index is 9.22. The Labute approximate surface area is 83.5 Å². The Morgan fingerprint density at radius 2 is 2.57 bits per heavy atom. The number of rotatable bonds is 2. The van der Waals surface area contributed by atoms with Crippen molar-refractivity contribution in [3.8, 4) is 0 Å². The monoisotopic (exact) mass is 196 g/mol. The second kappa shape index (κ2) is 4.11. The van der Waals surface area contributed by atoms with Gasteiger partial charge in [-0.2, -0.15) is 5.10 Å². The fourth-order valence-corrected chi connectivity index (χ4v) is 1.99. The van der Waals surface area contributed by atoms with Gasteiger partial charge in [0.15, 0.2) is 0 Å². The molecule has 1 fully saturated rings. The molecule has 4 heteroatoms. The van der Waals surface area contributed by atoms with Crippen LogP contribution in [0, 0.1) is 5.92 Å².